The standard InChI is InChI=1S/C28H37NO5S/c1-17-8-7-10-21-23(33-21)16-22(18(2)14-26-29-19-9-5-6-11-24(19)35-26)34-27(32)12-13-28(3,4)25(31)15-20(17)30/h5-6,9,11,14,17,20-23,30H,7-8,10,12-13,15-16H2,1-4H3/b18-14+/t17-,20?,21?,22?,23?/m0/s1. The molecule has 0 saturated carbocycles. The summed E-state index contributed by atoms with van der Waals surface area (Å²) >= 11 is 1.62. The Morgan fingerprint density at radius 2 is 1.97 bits per heavy atom. The summed E-state index contributed by atoms with van der Waals surface area (Å²) in [6, 6.07) is 8.03. The number of nitrogens with zero attached hydrogens (tertiary/aromatic N) is 1. The van der Waals surface area contributed by atoms with Gasteiger partial charge < -0.3 is 14.6 Å². The molecule has 0 bridgehead atoms. The number of ketones is 1. The number of rotatable bonds is 2. The molecule has 2 aliphatic rings. The minimum Gasteiger partial charge on any atom is -0.458 e. The highest BCUT2D eigenvalue weighted by Crippen LogP contribution is 2.36. The summed E-state index contributed by atoms with van der Waals surface area (Å²) in [6.07, 6.45) is 5.17. The maximum Gasteiger partial charge on any atom is 0.306 e. The average molecular weight is 500 g/mol. The summed E-state index contributed by atoms with van der Waals surface area (Å²) < 4.78 is 13.0. The van der Waals surface area contributed by atoms with Gasteiger partial charge >= 0.3 is 5.97 Å². The lowest BCUT2D eigenvalue weighted by atomic mass is 9.79. The third-order valence-corrected chi connectivity index (χ3v) is 8.47. The van der Waals surface area contributed by atoms with Crippen LogP contribution in [0.25, 0.3) is 16.3 Å². The molecular weight excluding hydrogens is 462 g/mol. The van der Waals surface area contributed by atoms with E-state index in [9.17, 15) is 14.7 Å². The number of carbonyl (C=O) groups is 2. The van der Waals surface area contributed by atoms with Crippen LogP contribution in [-0.2, 0) is 19.1 Å². The van der Waals surface area contributed by atoms with Crippen molar-refractivity contribution in [1.29, 1.82) is 0 Å². The molecule has 2 aliphatic heterocycles. The van der Waals surface area contributed by atoms with Crippen molar-refractivity contribution in [1.82, 2.24) is 4.98 Å². The number of epoxide rings is 1. The third kappa shape index (κ3) is 6.78. The van der Waals surface area contributed by atoms with Crippen LogP contribution < -0.4 is 0 Å². The molecule has 7 heteroatoms. The lowest BCUT2D eigenvalue weighted by Crippen LogP contribution is -2.32. The Labute approximate surface area is 211 Å². The lowest BCUT2D eigenvalue weighted by molar-refractivity contribution is -0.148. The molecule has 35 heavy (non-hydrogen) atoms. The minimum atomic E-state index is -0.692. The number of Topliss-reactive ketones (excluding diaryl/α,β-unsaturated/α-hetero) is 1. The molecule has 4 rings (SSSR count). The van der Waals surface area contributed by atoms with Gasteiger partial charge in [0.05, 0.1) is 28.5 Å². The van der Waals surface area contributed by atoms with Crippen molar-refractivity contribution in [3.63, 3.8) is 0 Å². The van der Waals surface area contributed by atoms with Crippen molar-refractivity contribution in [3.8, 4) is 0 Å². The largest absolute Gasteiger partial charge is 0.458 e. The third-order valence-electron chi connectivity index (χ3n) is 7.49. The number of esters is 1. The number of fused-ring (bicyclic) bond motifs is 2. The topological polar surface area (TPSA) is 89.0 Å². The Bertz CT molecular complexity index is 1060. The van der Waals surface area contributed by atoms with Crippen LogP contribution in [0.5, 0.6) is 0 Å². The number of aromatic nitrogens is 1. The summed E-state index contributed by atoms with van der Waals surface area (Å²) in [5.74, 6) is -0.270. The van der Waals surface area contributed by atoms with Crippen molar-refractivity contribution in [2.45, 2.75) is 97.1 Å². The summed E-state index contributed by atoms with van der Waals surface area (Å²) in [6.45, 7) is 7.68. The first-order valence-electron chi connectivity index (χ1n) is 12.7. The van der Waals surface area contributed by atoms with Gasteiger partial charge in [0.2, 0.25) is 0 Å². The second-order valence-electron chi connectivity index (χ2n) is 10.8. The molecule has 2 aromatic rings. The molecule has 190 valence electrons. The molecule has 0 radical (unpaired) electrons. The number of benzene rings is 1. The minimum absolute atomic E-state index is 0.00852. The van der Waals surface area contributed by atoms with E-state index in [1.165, 1.54) is 0 Å². The van der Waals surface area contributed by atoms with Gasteiger partial charge in [-0.1, -0.05) is 39.3 Å². The van der Waals surface area contributed by atoms with Crippen LogP contribution in [0.4, 0.5) is 0 Å². The molecule has 2 fully saturated rings. The van der Waals surface area contributed by atoms with Gasteiger partial charge in [-0.05, 0) is 55.9 Å². The van der Waals surface area contributed by atoms with Gasteiger partial charge in [0.1, 0.15) is 16.9 Å². The lowest BCUT2D eigenvalue weighted by Gasteiger charge is -2.27. The summed E-state index contributed by atoms with van der Waals surface area (Å²) in [5, 5.41) is 11.4. The van der Waals surface area contributed by atoms with Crippen LogP contribution >= 0.6 is 11.3 Å². The van der Waals surface area contributed by atoms with E-state index in [2.05, 4.69) is 6.07 Å². The van der Waals surface area contributed by atoms with Crippen molar-refractivity contribution >= 4 is 39.4 Å². The van der Waals surface area contributed by atoms with E-state index in [1.54, 1.807) is 11.3 Å². The van der Waals surface area contributed by atoms with E-state index >= 15 is 0 Å². The van der Waals surface area contributed by atoms with Gasteiger partial charge in [0, 0.05) is 24.7 Å². The van der Waals surface area contributed by atoms with Crippen LogP contribution in [0.15, 0.2) is 29.8 Å². The first kappa shape index (κ1) is 26.0. The van der Waals surface area contributed by atoms with Crippen molar-refractivity contribution in [2.75, 3.05) is 0 Å². The van der Waals surface area contributed by atoms with Crippen LogP contribution in [0.1, 0.15) is 77.6 Å². The Morgan fingerprint density at radius 3 is 2.74 bits per heavy atom. The van der Waals surface area contributed by atoms with Crippen molar-refractivity contribution in [2.24, 2.45) is 11.3 Å². The van der Waals surface area contributed by atoms with Gasteiger partial charge in [-0.25, -0.2) is 4.98 Å². The number of thiazole rings is 1. The van der Waals surface area contributed by atoms with Crippen LogP contribution in [0, 0.1) is 11.3 Å². The van der Waals surface area contributed by atoms with Crippen molar-refractivity contribution < 1.29 is 24.2 Å². The number of ether oxygens (including phenoxy) is 2. The van der Waals surface area contributed by atoms with E-state index in [1.807, 2.05) is 52.0 Å². The SMILES string of the molecule is C/C(=C\c1nc2ccccc2s1)C1CC2OC2CCC[C@H](C)C(O)CC(=O)C(C)(C)CCC(=O)O1. The highest BCUT2D eigenvalue weighted by atomic mass is 32.1. The van der Waals surface area contributed by atoms with Gasteiger partial charge in [0.15, 0.2) is 0 Å². The molecule has 0 aliphatic carbocycles. The molecule has 0 amide bonds. The molecule has 0 spiro atoms. The zero-order valence-electron chi connectivity index (χ0n) is 21.2. The zero-order valence-corrected chi connectivity index (χ0v) is 22.0. The number of hydrogen-bond donors (Lipinski definition) is 1. The maximum absolute atomic E-state index is 12.9. The molecule has 1 aromatic carbocycles. The molecule has 3 heterocycles. The molecular formula is C28H37NO5S. The first-order chi connectivity index (χ1) is 16.6. The average Bonchev–Trinajstić information content (AvgIpc) is 3.41. The second-order valence-corrected chi connectivity index (χ2v) is 11.9. The maximum atomic E-state index is 12.9. The fourth-order valence-electron chi connectivity index (χ4n) is 4.69. The Balaban J connectivity index is 1.51. The van der Waals surface area contributed by atoms with Crippen LogP contribution in [-0.4, -0.2) is 46.3 Å². The van der Waals surface area contributed by atoms with E-state index in [-0.39, 0.29) is 42.7 Å². The molecule has 1 N–H and O–H groups in total. The van der Waals surface area contributed by atoms with Gasteiger partial charge in [0.25, 0.3) is 0 Å². The first-order valence-corrected chi connectivity index (χ1v) is 13.5. The predicted molar refractivity (Wildman–Crippen MR) is 138 cm³/mol. The van der Waals surface area contributed by atoms with E-state index in [0.717, 1.165) is 40.1 Å². The highest BCUT2D eigenvalue weighted by molar-refractivity contribution is 7.19. The zero-order chi connectivity index (χ0) is 25.2. The fraction of sp³-hybridized carbons (Fsp3) is 0.607. The van der Waals surface area contributed by atoms with Gasteiger partial charge in [-0.2, -0.15) is 0 Å². The monoisotopic (exact) mass is 499 g/mol. The number of hydrogen-bond acceptors (Lipinski definition) is 7. The summed E-state index contributed by atoms with van der Waals surface area (Å²) in [5.41, 5.74) is 1.21. The predicted octanol–water partition coefficient (Wildman–Crippen LogP) is 5.72. The van der Waals surface area contributed by atoms with Crippen LogP contribution in [0.2, 0.25) is 0 Å². The van der Waals surface area contributed by atoms with E-state index in [0.29, 0.717) is 12.8 Å². The Kier molecular flexibility index (Phi) is 8.09. The molecule has 5 atom stereocenters. The molecule has 1 aromatic heterocycles. The number of aliphatic hydroxyl groups is 1. The summed E-state index contributed by atoms with van der Waals surface area (Å²) in [7, 11) is 0. The summed E-state index contributed by atoms with van der Waals surface area (Å²) in [4.78, 5) is 30.4. The van der Waals surface area contributed by atoms with E-state index in [4.69, 9.17) is 14.5 Å². The number of para-hydroxylation sites is 1. The van der Waals surface area contributed by atoms with Crippen LogP contribution in [0.3, 0.4) is 0 Å². The Hall–Kier alpha value is -2.09. The van der Waals surface area contributed by atoms with Gasteiger partial charge in [-0.15, -0.1) is 11.3 Å². The molecule has 2 saturated heterocycles. The normalized spacial score (nSPS) is 31.1. The number of aliphatic hydroxyl groups excluding tert-OH is 1. The van der Waals surface area contributed by atoms with Crippen molar-refractivity contribution in [3.05, 3.63) is 34.8 Å². The smallest absolute Gasteiger partial charge is 0.306 e. The fourth-order valence-corrected chi connectivity index (χ4v) is 5.67. The highest BCUT2D eigenvalue weighted by Gasteiger charge is 2.41. The second kappa shape index (κ2) is 10.9. The van der Waals surface area contributed by atoms with Gasteiger partial charge in [-0.3, -0.25) is 9.59 Å². The quantitative estimate of drug-likeness (QED) is 0.420. The van der Waals surface area contributed by atoms with E-state index < -0.39 is 17.6 Å². The number of cyclic esters (lactones) is 1. The number of carbonyl (C=O) groups excluding carboxylic acids is 2. The Morgan fingerprint density at radius 1 is 1.20 bits per heavy atom. The molecule has 6 nitrogen and oxygen atoms in total. The molecule has 4 unspecified atom stereocenters.